The summed E-state index contributed by atoms with van der Waals surface area (Å²) in [7, 11) is 0. The van der Waals surface area contributed by atoms with E-state index in [-0.39, 0.29) is 5.78 Å². The summed E-state index contributed by atoms with van der Waals surface area (Å²) in [5.74, 6) is -1.94. The summed E-state index contributed by atoms with van der Waals surface area (Å²) >= 11 is 0. The Balaban J connectivity index is 1.28. The Morgan fingerprint density at radius 1 is 0.912 bits per heavy atom. The van der Waals surface area contributed by atoms with Crippen LogP contribution in [0.5, 0.6) is 0 Å². The molecule has 4 aromatic rings. The third-order valence-electron chi connectivity index (χ3n) is 6.60. The zero-order valence-electron chi connectivity index (χ0n) is 19.0. The number of nitrogens with one attached hydrogen (secondary N) is 1. The highest BCUT2D eigenvalue weighted by atomic mass is 16.4. The number of carboxylic acid groups (broad SMARTS) is 1. The summed E-state index contributed by atoms with van der Waals surface area (Å²) in [6, 6.07) is 21.7. The predicted molar refractivity (Wildman–Crippen MR) is 131 cm³/mol. The largest absolute Gasteiger partial charge is 0.481 e. The molecule has 0 saturated heterocycles. The van der Waals surface area contributed by atoms with Crippen molar-refractivity contribution in [2.75, 3.05) is 5.32 Å². The molecule has 1 aliphatic rings. The van der Waals surface area contributed by atoms with Crippen LogP contribution < -0.4 is 5.32 Å². The lowest BCUT2D eigenvalue weighted by atomic mass is 9.75. The molecule has 0 amide bonds. The minimum Gasteiger partial charge on any atom is -0.481 e. The van der Waals surface area contributed by atoms with Crippen molar-refractivity contribution in [3.63, 3.8) is 0 Å². The molecule has 1 heterocycles. The molecule has 34 heavy (non-hydrogen) atoms. The molecular weight excluding hydrogens is 428 g/mol. The Labute approximate surface area is 197 Å². The van der Waals surface area contributed by atoms with Gasteiger partial charge in [-0.3, -0.25) is 9.59 Å². The number of aliphatic carboxylic acids is 1. The molecule has 2 atom stereocenters. The van der Waals surface area contributed by atoms with Gasteiger partial charge in [0.05, 0.1) is 5.92 Å². The van der Waals surface area contributed by atoms with E-state index in [9.17, 15) is 14.7 Å². The van der Waals surface area contributed by atoms with E-state index in [2.05, 4.69) is 10.3 Å². The normalized spacial score (nSPS) is 18.0. The van der Waals surface area contributed by atoms with Gasteiger partial charge in [0.15, 0.2) is 11.4 Å². The van der Waals surface area contributed by atoms with Gasteiger partial charge in [0.25, 0.3) is 6.01 Å². The van der Waals surface area contributed by atoms with Crippen molar-refractivity contribution in [3.05, 3.63) is 77.9 Å². The highest BCUT2D eigenvalue weighted by Crippen LogP contribution is 2.33. The molecule has 6 heteroatoms. The fourth-order valence-corrected chi connectivity index (χ4v) is 4.74. The maximum Gasteiger partial charge on any atom is 0.307 e. The summed E-state index contributed by atoms with van der Waals surface area (Å²) in [5.41, 5.74) is 6.10. The first-order chi connectivity index (χ1) is 16.5. The maximum absolute atomic E-state index is 13.0. The van der Waals surface area contributed by atoms with Gasteiger partial charge in [-0.05, 0) is 60.7 Å². The average Bonchev–Trinajstić information content (AvgIpc) is 3.25. The van der Waals surface area contributed by atoms with Crippen molar-refractivity contribution in [2.45, 2.75) is 32.6 Å². The monoisotopic (exact) mass is 454 g/mol. The summed E-state index contributed by atoms with van der Waals surface area (Å²) in [6.45, 7) is 2.01. The Kier molecular flexibility index (Phi) is 5.88. The van der Waals surface area contributed by atoms with Gasteiger partial charge in [0, 0.05) is 17.2 Å². The van der Waals surface area contributed by atoms with Gasteiger partial charge >= 0.3 is 5.97 Å². The Hall–Kier alpha value is -3.93. The third kappa shape index (κ3) is 4.44. The van der Waals surface area contributed by atoms with Crippen molar-refractivity contribution in [3.8, 4) is 11.1 Å². The number of carbonyl (C=O) groups is 2. The van der Waals surface area contributed by atoms with Gasteiger partial charge in [-0.1, -0.05) is 55.3 Å². The van der Waals surface area contributed by atoms with Gasteiger partial charge in [-0.25, -0.2) is 0 Å². The number of Topliss-reactive ketones (excluding diaryl/α,β-unsaturated/α-hetero) is 1. The molecule has 5 rings (SSSR count). The van der Waals surface area contributed by atoms with Crippen LogP contribution in [0, 0.1) is 18.8 Å². The number of anilines is 2. The number of hydrogen-bond acceptors (Lipinski definition) is 5. The van der Waals surface area contributed by atoms with Crippen LogP contribution in [0.25, 0.3) is 22.2 Å². The number of carboxylic acids is 1. The topological polar surface area (TPSA) is 92.4 Å². The van der Waals surface area contributed by atoms with Crippen LogP contribution in [0.15, 0.2) is 71.1 Å². The van der Waals surface area contributed by atoms with Crippen LogP contribution in [0.2, 0.25) is 0 Å². The summed E-state index contributed by atoms with van der Waals surface area (Å²) in [4.78, 5) is 29.0. The lowest BCUT2D eigenvalue weighted by Gasteiger charge is -2.27. The van der Waals surface area contributed by atoms with Crippen molar-refractivity contribution in [2.24, 2.45) is 11.8 Å². The highest BCUT2D eigenvalue weighted by molar-refractivity contribution is 6.00. The predicted octanol–water partition coefficient (Wildman–Crippen LogP) is 6.62. The number of benzene rings is 3. The Bertz CT molecular complexity index is 1340. The SMILES string of the molecule is Cc1ccc2nc(Nc3ccc(-c4ccc(C(=O)[C@H]5CCCC[C@@H]5C(=O)O)cc4)cc3)oc2c1. The summed E-state index contributed by atoms with van der Waals surface area (Å²) in [6.07, 6.45) is 3.00. The second-order valence-corrected chi connectivity index (χ2v) is 8.97. The third-order valence-corrected chi connectivity index (χ3v) is 6.60. The van der Waals surface area contributed by atoms with Gasteiger partial charge in [0.1, 0.15) is 5.52 Å². The van der Waals surface area contributed by atoms with E-state index in [1.165, 1.54) is 0 Å². The van der Waals surface area contributed by atoms with E-state index in [0.29, 0.717) is 24.4 Å². The van der Waals surface area contributed by atoms with Crippen LogP contribution in [-0.2, 0) is 4.79 Å². The van der Waals surface area contributed by atoms with Gasteiger partial charge in [-0.2, -0.15) is 4.98 Å². The number of fused-ring (bicyclic) bond motifs is 1. The van der Waals surface area contributed by atoms with Crippen molar-refractivity contribution >= 4 is 34.6 Å². The van der Waals surface area contributed by atoms with E-state index in [1.807, 2.05) is 61.5 Å². The van der Waals surface area contributed by atoms with Crippen LogP contribution in [-0.4, -0.2) is 21.8 Å². The molecule has 1 aliphatic carbocycles. The lowest BCUT2D eigenvalue weighted by molar-refractivity contribution is -0.144. The van der Waals surface area contributed by atoms with Gasteiger partial charge < -0.3 is 14.8 Å². The average molecular weight is 455 g/mol. The first kappa shape index (κ1) is 21.9. The van der Waals surface area contributed by atoms with E-state index in [4.69, 9.17) is 4.42 Å². The van der Waals surface area contributed by atoms with Crippen molar-refractivity contribution < 1.29 is 19.1 Å². The van der Waals surface area contributed by atoms with Gasteiger partial charge in [-0.15, -0.1) is 0 Å². The van der Waals surface area contributed by atoms with Crippen LogP contribution >= 0.6 is 0 Å². The summed E-state index contributed by atoms with van der Waals surface area (Å²) in [5, 5.41) is 12.7. The molecule has 0 radical (unpaired) electrons. The fraction of sp³-hybridized carbons (Fsp3) is 0.250. The molecule has 0 aliphatic heterocycles. The highest BCUT2D eigenvalue weighted by Gasteiger charge is 2.35. The minimum absolute atomic E-state index is 0.0632. The number of hydrogen-bond donors (Lipinski definition) is 2. The van der Waals surface area contributed by atoms with Crippen LogP contribution in [0.4, 0.5) is 11.7 Å². The molecule has 1 fully saturated rings. The first-order valence-corrected chi connectivity index (χ1v) is 11.6. The van der Waals surface area contributed by atoms with Gasteiger partial charge in [0.2, 0.25) is 0 Å². The number of aryl methyl sites for hydroxylation is 1. The number of rotatable bonds is 6. The smallest absolute Gasteiger partial charge is 0.307 e. The Morgan fingerprint density at radius 3 is 2.24 bits per heavy atom. The van der Waals surface area contributed by atoms with E-state index < -0.39 is 17.8 Å². The second kappa shape index (κ2) is 9.14. The summed E-state index contributed by atoms with van der Waals surface area (Å²) < 4.78 is 5.78. The zero-order chi connectivity index (χ0) is 23.7. The molecule has 6 nitrogen and oxygen atoms in total. The molecule has 1 aromatic heterocycles. The zero-order valence-corrected chi connectivity index (χ0v) is 19.0. The number of carbonyl (C=O) groups excluding carboxylic acids is 1. The van der Waals surface area contributed by atoms with E-state index >= 15 is 0 Å². The van der Waals surface area contributed by atoms with Crippen LogP contribution in [0.3, 0.4) is 0 Å². The molecule has 172 valence electrons. The number of aromatic nitrogens is 1. The van der Waals surface area contributed by atoms with E-state index in [1.54, 1.807) is 12.1 Å². The molecule has 0 unspecified atom stereocenters. The fourth-order valence-electron chi connectivity index (χ4n) is 4.74. The van der Waals surface area contributed by atoms with Crippen LogP contribution in [0.1, 0.15) is 41.6 Å². The minimum atomic E-state index is -0.865. The molecular formula is C28H26N2O4. The lowest BCUT2D eigenvalue weighted by Crippen LogP contribution is -2.32. The molecule has 3 aromatic carbocycles. The first-order valence-electron chi connectivity index (χ1n) is 11.6. The number of ketones is 1. The van der Waals surface area contributed by atoms with E-state index in [0.717, 1.165) is 46.3 Å². The maximum atomic E-state index is 13.0. The second-order valence-electron chi connectivity index (χ2n) is 8.97. The number of nitrogens with zero attached hydrogens (tertiary/aromatic N) is 1. The molecule has 2 N–H and O–H groups in total. The quantitative estimate of drug-likeness (QED) is 0.318. The Morgan fingerprint density at radius 2 is 1.56 bits per heavy atom. The molecule has 0 spiro atoms. The van der Waals surface area contributed by atoms with Crippen molar-refractivity contribution in [1.82, 2.24) is 4.98 Å². The molecule has 0 bridgehead atoms. The number of oxazole rings is 1. The molecule has 1 saturated carbocycles. The standard InChI is InChI=1S/C28H26N2O4/c1-17-6-15-24-25(16-17)34-28(30-24)29-21-13-11-19(12-14-21)18-7-9-20(10-8-18)26(31)22-4-2-3-5-23(22)27(32)33/h6-16,22-23H,2-5H2,1H3,(H,29,30)(H,32,33)/t22-,23-/m0/s1. The van der Waals surface area contributed by atoms with Crippen molar-refractivity contribution in [1.29, 1.82) is 0 Å².